The van der Waals surface area contributed by atoms with Crippen molar-refractivity contribution in [2.24, 2.45) is 0 Å². The van der Waals surface area contributed by atoms with Gasteiger partial charge in [0.15, 0.2) is 5.11 Å². The maximum Gasteiger partial charge on any atom is 0.173 e. The topological polar surface area (TPSA) is 15.3 Å². The van der Waals surface area contributed by atoms with Gasteiger partial charge in [-0.1, -0.05) is 78.4 Å². The number of aryl methyl sites for hydroxylation is 3. The van der Waals surface area contributed by atoms with Crippen molar-refractivity contribution in [1.29, 1.82) is 0 Å². The fourth-order valence-electron chi connectivity index (χ4n) is 3.48. The van der Waals surface area contributed by atoms with Crippen LogP contribution < -0.4 is 5.32 Å². The van der Waals surface area contributed by atoms with E-state index in [1.807, 2.05) is 0 Å². The van der Waals surface area contributed by atoms with Crippen molar-refractivity contribution in [1.82, 2.24) is 4.90 Å². The van der Waals surface area contributed by atoms with Gasteiger partial charge in [-0.2, -0.15) is 0 Å². The van der Waals surface area contributed by atoms with Gasteiger partial charge in [0, 0.05) is 18.8 Å². The molecule has 3 rings (SSSR count). The molecule has 1 N–H and O–H groups in total. The lowest BCUT2D eigenvalue weighted by Crippen LogP contribution is -2.35. The molecule has 29 heavy (non-hydrogen) atoms. The summed E-state index contributed by atoms with van der Waals surface area (Å²) in [5.41, 5.74) is 6.25. The van der Waals surface area contributed by atoms with Crippen molar-refractivity contribution < 1.29 is 0 Å². The molecule has 0 fully saturated rings. The van der Waals surface area contributed by atoms with Crippen molar-refractivity contribution in [3.05, 3.63) is 101 Å². The van der Waals surface area contributed by atoms with E-state index in [2.05, 4.69) is 103 Å². The number of nitrogens with one attached hydrogen (secondary N) is 1. The second kappa shape index (κ2) is 10.8. The van der Waals surface area contributed by atoms with Crippen LogP contribution >= 0.6 is 12.2 Å². The molecule has 0 aliphatic carbocycles. The first-order valence-electron chi connectivity index (χ1n) is 10.3. The number of rotatable bonds is 8. The third-order valence-electron chi connectivity index (χ3n) is 5.11. The Labute approximate surface area is 180 Å². The number of hydrogen-bond donors (Lipinski definition) is 1. The Morgan fingerprint density at radius 2 is 1.48 bits per heavy atom. The number of anilines is 1. The van der Waals surface area contributed by atoms with Gasteiger partial charge in [-0.3, -0.25) is 0 Å². The zero-order chi connectivity index (χ0) is 20.5. The van der Waals surface area contributed by atoms with Crippen molar-refractivity contribution in [3.63, 3.8) is 0 Å². The van der Waals surface area contributed by atoms with Crippen molar-refractivity contribution in [2.45, 2.75) is 39.7 Å². The van der Waals surface area contributed by atoms with Crippen LogP contribution in [0.5, 0.6) is 0 Å². The highest BCUT2D eigenvalue weighted by Gasteiger charge is 2.12. The molecule has 0 saturated heterocycles. The van der Waals surface area contributed by atoms with Crippen molar-refractivity contribution in [2.75, 3.05) is 11.9 Å². The molecular formula is C26H30N2S. The maximum atomic E-state index is 5.81. The molecule has 0 aliphatic rings. The summed E-state index contributed by atoms with van der Waals surface area (Å²) in [6, 6.07) is 27.7. The molecule has 3 aromatic carbocycles. The minimum absolute atomic E-state index is 0.792. The lowest BCUT2D eigenvalue weighted by atomic mass is 10.1. The van der Waals surface area contributed by atoms with E-state index in [-0.39, 0.29) is 0 Å². The van der Waals surface area contributed by atoms with E-state index in [1.54, 1.807) is 0 Å². The summed E-state index contributed by atoms with van der Waals surface area (Å²) in [6.07, 6.45) is 3.37. The van der Waals surface area contributed by atoms with Crippen LogP contribution in [-0.4, -0.2) is 16.6 Å². The molecule has 0 heterocycles. The molecule has 0 amide bonds. The predicted molar refractivity (Wildman–Crippen MR) is 128 cm³/mol. The minimum Gasteiger partial charge on any atom is -0.345 e. The smallest absolute Gasteiger partial charge is 0.173 e. The fourth-order valence-corrected chi connectivity index (χ4v) is 3.75. The molecule has 3 aromatic rings. The summed E-state index contributed by atoms with van der Waals surface area (Å²) in [5.74, 6) is 0. The number of nitrogens with zero attached hydrogens (tertiary/aromatic N) is 1. The van der Waals surface area contributed by atoms with Crippen LogP contribution in [0.3, 0.4) is 0 Å². The van der Waals surface area contributed by atoms with Gasteiger partial charge >= 0.3 is 0 Å². The monoisotopic (exact) mass is 402 g/mol. The van der Waals surface area contributed by atoms with Crippen LogP contribution in [0.25, 0.3) is 0 Å². The second-order valence-electron chi connectivity index (χ2n) is 7.60. The van der Waals surface area contributed by atoms with Gasteiger partial charge in [-0.15, -0.1) is 0 Å². The zero-order valence-corrected chi connectivity index (χ0v) is 18.2. The van der Waals surface area contributed by atoms with E-state index in [1.165, 1.54) is 22.3 Å². The number of thiocarbonyl (C=S) groups is 1. The van der Waals surface area contributed by atoms with Gasteiger partial charge in [0.05, 0.1) is 0 Å². The van der Waals surface area contributed by atoms with Gasteiger partial charge in [0.2, 0.25) is 0 Å². The Morgan fingerprint density at radius 3 is 2.14 bits per heavy atom. The van der Waals surface area contributed by atoms with Gasteiger partial charge in [-0.25, -0.2) is 0 Å². The molecule has 0 radical (unpaired) electrons. The van der Waals surface area contributed by atoms with E-state index in [9.17, 15) is 0 Å². The molecule has 0 bridgehead atoms. The molecule has 150 valence electrons. The molecule has 2 nitrogen and oxygen atoms in total. The van der Waals surface area contributed by atoms with Crippen LogP contribution in [-0.2, 0) is 13.0 Å². The van der Waals surface area contributed by atoms with Gasteiger partial charge in [-0.05, 0) is 68.1 Å². The minimum atomic E-state index is 0.792. The second-order valence-corrected chi connectivity index (χ2v) is 7.99. The first-order valence-corrected chi connectivity index (χ1v) is 10.7. The Kier molecular flexibility index (Phi) is 7.83. The van der Waals surface area contributed by atoms with E-state index < -0.39 is 0 Å². The molecule has 0 spiro atoms. The summed E-state index contributed by atoms with van der Waals surface area (Å²) in [5, 5.41) is 4.27. The van der Waals surface area contributed by atoms with Crippen molar-refractivity contribution in [3.8, 4) is 0 Å². The molecular weight excluding hydrogens is 372 g/mol. The summed E-state index contributed by atoms with van der Waals surface area (Å²) < 4.78 is 0. The maximum absolute atomic E-state index is 5.81. The third-order valence-corrected chi connectivity index (χ3v) is 5.47. The summed E-state index contributed by atoms with van der Waals surface area (Å²) in [6.45, 7) is 6.00. The number of benzene rings is 3. The first-order chi connectivity index (χ1) is 14.1. The van der Waals surface area contributed by atoms with E-state index in [4.69, 9.17) is 12.2 Å². The summed E-state index contributed by atoms with van der Waals surface area (Å²) >= 11 is 5.81. The first kappa shape index (κ1) is 21.1. The van der Waals surface area contributed by atoms with Crippen LogP contribution in [0.1, 0.15) is 35.1 Å². The third kappa shape index (κ3) is 6.72. The molecule has 0 aromatic heterocycles. The van der Waals surface area contributed by atoms with E-state index >= 15 is 0 Å². The molecule has 0 aliphatic heterocycles. The Hall–Kier alpha value is -2.65. The van der Waals surface area contributed by atoms with Crippen LogP contribution in [0.2, 0.25) is 0 Å². The van der Waals surface area contributed by atoms with Gasteiger partial charge in [0.25, 0.3) is 0 Å². The highest BCUT2D eigenvalue weighted by molar-refractivity contribution is 7.80. The number of unbranched alkanes of at least 4 members (excludes halogenated alkanes) is 1. The predicted octanol–water partition coefficient (Wildman–Crippen LogP) is 6.53. The van der Waals surface area contributed by atoms with Gasteiger partial charge in [0.1, 0.15) is 0 Å². The van der Waals surface area contributed by atoms with Crippen LogP contribution in [0, 0.1) is 13.8 Å². The van der Waals surface area contributed by atoms with Crippen LogP contribution in [0.4, 0.5) is 5.69 Å². The van der Waals surface area contributed by atoms with E-state index in [0.29, 0.717) is 0 Å². The van der Waals surface area contributed by atoms with Crippen molar-refractivity contribution >= 4 is 23.0 Å². The largest absolute Gasteiger partial charge is 0.345 e. The molecule has 0 atom stereocenters. The zero-order valence-electron chi connectivity index (χ0n) is 17.4. The van der Waals surface area contributed by atoms with Gasteiger partial charge < -0.3 is 10.2 Å². The standard InChI is InChI=1S/C26H30N2S/c1-21-16-17-25(22(2)19-21)27-26(29)28(20-24-14-7-4-8-15-24)18-10-9-13-23-11-5-3-6-12-23/h3-8,11-12,14-17,19H,9-10,13,18,20H2,1-2H3,(H,27,29). The number of hydrogen-bond acceptors (Lipinski definition) is 1. The highest BCUT2D eigenvalue weighted by Crippen LogP contribution is 2.18. The normalized spacial score (nSPS) is 10.6. The summed E-state index contributed by atoms with van der Waals surface area (Å²) in [7, 11) is 0. The van der Waals surface area contributed by atoms with Crippen LogP contribution in [0.15, 0.2) is 78.9 Å². The Bertz CT molecular complexity index is 907. The molecule has 0 saturated carbocycles. The highest BCUT2D eigenvalue weighted by atomic mass is 32.1. The molecule has 0 unspecified atom stereocenters. The average Bonchev–Trinajstić information content (AvgIpc) is 2.74. The SMILES string of the molecule is Cc1ccc(NC(=S)N(CCCCc2ccccc2)Cc2ccccc2)c(C)c1. The lowest BCUT2D eigenvalue weighted by molar-refractivity contribution is 0.404. The lowest BCUT2D eigenvalue weighted by Gasteiger charge is -2.27. The average molecular weight is 403 g/mol. The molecule has 3 heteroatoms. The fraction of sp³-hybridized carbons (Fsp3) is 0.269. The quantitative estimate of drug-likeness (QED) is 0.341. The Balaban J connectivity index is 1.62. The summed E-state index contributed by atoms with van der Waals surface area (Å²) in [4.78, 5) is 2.29. The van der Waals surface area contributed by atoms with E-state index in [0.717, 1.165) is 43.2 Å². The Morgan fingerprint density at radius 1 is 0.828 bits per heavy atom.